The van der Waals surface area contributed by atoms with Crippen molar-refractivity contribution in [2.75, 3.05) is 6.54 Å². The Hall–Kier alpha value is -2.73. The molecule has 1 aliphatic heterocycles. The van der Waals surface area contributed by atoms with E-state index in [1.807, 2.05) is 42.7 Å². The zero-order chi connectivity index (χ0) is 20.5. The maximum Gasteiger partial charge on any atom is 0.170 e. The fourth-order valence-electron chi connectivity index (χ4n) is 4.26. The number of pyridine rings is 2. The molecule has 4 rings (SSSR count). The minimum Gasteiger partial charge on any atom is -0.352 e. The highest BCUT2D eigenvalue weighted by Gasteiger charge is 2.41. The van der Waals surface area contributed by atoms with Crippen molar-refractivity contribution in [1.29, 1.82) is 0 Å². The lowest BCUT2D eigenvalue weighted by Gasteiger charge is -2.29. The highest BCUT2D eigenvalue weighted by atomic mass is 32.1. The maximum absolute atomic E-state index is 5.76. The molecule has 5 nitrogen and oxygen atoms in total. The third-order valence-corrected chi connectivity index (χ3v) is 5.78. The molecule has 0 aliphatic carbocycles. The zero-order valence-corrected chi connectivity index (χ0v) is 18.1. The van der Waals surface area contributed by atoms with Gasteiger partial charge in [0.05, 0.1) is 17.8 Å². The van der Waals surface area contributed by atoms with Gasteiger partial charge >= 0.3 is 0 Å². The van der Waals surface area contributed by atoms with E-state index in [0.29, 0.717) is 5.92 Å². The number of hydrogen-bond acceptors (Lipinski definition) is 3. The largest absolute Gasteiger partial charge is 0.352 e. The van der Waals surface area contributed by atoms with Crippen molar-refractivity contribution in [3.8, 4) is 5.82 Å². The van der Waals surface area contributed by atoms with Gasteiger partial charge in [-0.15, -0.1) is 0 Å². The molecule has 0 spiro atoms. The molecule has 1 N–H and O–H groups in total. The van der Waals surface area contributed by atoms with Crippen LogP contribution >= 0.6 is 12.2 Å². The molecule has 1 saturated heterocycles. The second-order valence-corrected chi connectivity index (χ2v) is 8.41. The third kappa shape index (κ3) is 3.65. The van der Waals surface area contributed by atoms with Crippen LogP contribution in [-0.2, 0) is 0 Å². The Kier molecular flexibility index (Phi) is 5.37. The summed E-state index contributed by atoms with van der Waals surface area (Å²) in [5.74, 6) is 1.44. The molecule has 29 heavy (non-hydrogen) atoms. The van der Waals surface area contributed by atoms with Gasteiger partial charge in [0.25, 0.3) is 0 Å². The molecule has 0 bridgehead atoms. The molecular formula is C23H27N5S. The van der Waals surface area contributed by atoms with Crippen molar-refractivity contribution in [3.05, 3.63) is 77.5 Å². The Morgan fingerprint density at radius 1 is 1.07 bits per heavy atom. The summed E-state index contributed by atoms with van der Waals surface area (Å²) in [6.07, 6.45) is 3.68. The molecule has 0 amide bonds. The summed E-state index contributed by atoms with van der Waals surface area (Å²) in [4.78, 5) is 11.5. The molecule has 0 unspecified atom stereocenters. The Morgan fingerprint density at radius 2 is 1.79 bits per heavy atom. The van der Waals surface area contributed by atoms with Crippen LogP contribution in [0, 0.1) is 19.8 Å². The fraction of sp³-hybridized carbons (Fsp3) is 0.348. The molecule has 150 valence electrons. The topological polar surface area (TPSA) is 46.0 Å². The van der Waals surface area contributed by atoms with E-state index in [1.54, 1.807) is 0 Å². The minimum absolute atomic E-state index is 0.0140. The molecule has 4 heterocycles. The van der Waals surface area contributed by atoms with Gasteiger partial charge in [-0.25, -0.2) is 4.98 Å². The van der Waals surface area contributed by atoms with Crippen molar-refractivity contribution in [2.45, 2.75) is 39.8 Å². The number of thiocarbonyl (C=S) groups is 1. The van der Waals surface area contributed by atoms with Crippen molar-refractivity contribution in [2.24, 2.45) is 5.92 Å². The number of aromatic nitrogens is 3. The first-order valence-corrected chi connectivity index (χ1v) is 10.5. The van der Waals surface area contributed by atoms with Gasteiger partial charge in [0.2, 0.25) is 0 Å². The first-order valence-electron chi connectivity index (χ1n) is 10.1. The second kappa shape index (κ2) is 7.95. The highest BCUT2D eigenvalue weighted by molar-refractivity contribution is 7.80. The van der Waals surface area contributed by atoms with Gasteiger partial charge in [-0.2, -0.15) is 0 Å². The van der Waals surface area contributed by atoms with E-state index >= 15 is 0 Å². The van der Waals surface area contributed by atoms with Crippen LogP contribution < -0.4 is 5.32 Å². The molecule has 2 atom stereocenters. The van der Waals surface area contributed by atoms with E-state index in [9.17, 15) is 0 Å². The van der Waals surface area contributed by atoms with E-state index in [1.165, 1.54) is 17.0 Å². The van der Waals surface area contributed by atoms with Gasteiger partial charge in [0.1, 0.15) is 5.82 Å². The normalized spacial score (nSPS) is 19.1. The molecule has 0 saturated carbocycles. The maximum atomic E-state index is 5.76. The lowest BCUT2D eigenvalue weighted by molar-refractivity contribution is 0.287. The highest BCUT2D eigenvalue weighted by Crippen LogP contribution is 2.41. The smallest absolute Gasteiger partial charge is 0.170 e. The van der Waals surface area contributed by atoms with Crippen molar-refractivity contribution >= 4 is 17.3 Å². The molecule has 1 aliphatic rings. The van der Waals surface area contributed by atoms with E-state index in [2.05, 4.69) is 64.6 Å². The van der Waals surface area contributed by atoms with Gasteiger partial charge in [-0.1, -0.05) is 26.0 Å². The van der Waals surface area contributed by atoms with Crippen molar-refractivity contribution in [1.82, 2.24) is 24.8 Å². The summed E-state index contributed by atoms with van der Waals surface area (Å²) in [6.45, 7) is 9.65. The molecule has 0 radical (unpaired) electrons. The number of nitrogens with zero attached hydrogens (tertiary/aromatic N) is 4. The van der Waals surface area contributed by atoms with E-state index in [-0.39, 0.29) is 12.1 Å². The Bertz CT molecular complexity index is 997. The molecule has 0 aromatic carbocycles. The van der Waals surface area contributed by atoms with Gasteiger partial charge in [0.15, 0.2) is 5.11 Å². The van der Waals surface area contributed by atoms with Gasteiger partial charge in [-0.05, 0) is 67.9 Å². The summed E-state index contributed by atoms with van der Waals surface area (Å²) in [5, 5.41) is 4.33. The number of aryl methyl sites for hydroxylation is 1. The average molecular weight is 406 g/mol. The summed E-state index contributed by atoms with van der Waals surface area (Å²) in [6, 6.07) is 14.4. The van der Waals surface area contributed by atoms with Crippen molar-refractivity contribution < 1.29 is 0 Å². The molecule has 1 fully saturated rings. The number of hydrogen-bond donors (Lipinski definition) is 1. The fourth-order valence-corrected chi connectivity index (χ4v) is 4.57. The first-order chi connectivity index (χ1) is 14.0. The van der Waals surface area contributed by atoms with Crippen LogP contribution in [0.5, 0.6) is 0 Å². The molecule has 6 heteroatoms. The predicted molar refractivity (Wildman–Crippen MR) is 120 cm³/mol. The summed E-state index contributed by atoms with van der Waals surface area (Å²) < 4.78 is 2.22. The Labute approximate surface area is 177 Å². The number of nitrogens with one attached hydrogen (secondary N) is 1. The van der Waals surface area contributed by atoms with E-state index < -0.39 is 0 Å². The first kappa shape index (κ1) is 19.6. The predicted octanol–water partition coefficient (Wildman–Crippen LogP) is 4.51. The van der Waals surface area contributed by atoms with Crippen LogP contribution in [0.4, 0.5) is 0 Å². The van der Waals surface area contributed by atoms with Crippen LogP contribution in [-0.4, -0.2) is 31.1 Å². The second-order valence-electron chi connectivity index (χ2n) is 8.02. The molecule has 3 aromatic heterocycles. The lowest BCUT2D eigenvalue weighted by Crippen LogP contribution is -2.33. The third-order valence-electron chi connectivity index (χ3n) is 5.43. The molecular weight excluding hydrogens is 378 g/mol. The van der Waals surface area contributed by atoms with Gasteiger partial charge < -0.3 is 14.8 Å². The Balaban J connectivity index is 1.83. The van der Waals surface area contributed by atoms with Crippen LogP contribution in [0.1, 0.15) is 48.6 Å². The van der Waals surface area contributed by atoms with Crippen LogP contribution in [0.2, 0.25) is 0 Å². The summed E-state index contributed by atoms with van der Waals surface area (Å²) >= 11 is 5.76. The van der Waals surface area contributed by atoms with Gasteiger partial charge in [-0.3, -0.25) is 4.98 Å². The molecule has 3 aromatic rings. The van der Waals surface area contributed by atoms with E-state index in [4.69, 9.17) is 12.2 Å². The monoisotopic (exact) mass is 405 g/mol. The van der Waals surface area contributed by atoms with Crippen molar-refractivity contribution in [3.63, 3.8) is 0 Å². The van der Waals surface area contributed by atoms with E-state index in [0.717, 1.165) is 23.2 Å². The minimum atomic E-state index is 0.0140. The zero-order valence-electron chi connectivity index (χ0n) is 17.3. The summed E-state index contributed by atoms with van der Waals surface area (Å²) in [7, 11) is 0. The van der Waals surface area contributed by atoms with Gasteiger partial charge in [0, 0.05) is 30.3 Å². The summed E-state index contributed by atoms with van der Waals surface area (Å²) in [5.41, 5.74) is 4.62. The van der Waals surface area contributed by atoms with Crippen LogP contribution in [0.25, 0.3) is 5.82 Å². The lowest BCUT2D eigenvalue weighted by atomic mass is 9.96. The Morgan fingerprint density at radius 3 is 2.41 bits per heavy atom. The number of rotatable bonds is 5. The SMILES string of the molecule is Cc1cc([C@H]2[C@H](c3ccccn3)NC(=S)N2CC(C)C)c(C)n1-c1ccccn1. The standard InChI is InChI=1S/C23H27N5S/c1-15(2)14-27-22(21(26-23(27)29)19-9-5-7-11-24-19)18-13-16(3)28(17(18)4)20-10-6-8-12-25-20/h5-13,15,21-22H,14H2,1-4H3,(H,26,29)/t21-,22-/m0/s1. The van der Waals surface area contributed by atoms with Crippen LogP contribution in [0.3, 0.4) is 0 Å². The quantitative estimate of drug-likeness (QED) is 0.633. The average Bonchev–Trinajstić information content (AvgIpc) is 3.18. The van der Waals surface area contributed by atoms with Crippen LogP contribution in [0.15, 0.2) is 54.9 Å².